The predicted octanol–water partition coefficient (Wildman–Crippen LogP) is 4.75. The van der Waals surface area contributed by atoms with Crippen LogP contribution in [0.3, 0.4) is 0 Å². The third-order valence-electron chi connectivity index (χ3n) is 7.03. The van der Waals surface area contributed by atoms with E-state index in [0.717, 1.165) is 25.7 Å². The summed E-state index contributed by atoms with van der Waals surface area (Å²) in [7, 11) is 0. The molecule has 2 aliphatic carbocycles. The van der Waals surface area contributed by atoms with Crippen molar-refractivity contribution in [2.24, 2.45) is 28.1 Å². The van der Waals surface area contributed by atoms with E-state index in [0.29, 0.717) is 17.3 Å². The zero-order chi connectivity index (χ0) is 19.3. The Hall–Kier alpha value is -1.06. The zero-order valence-corrected chi connectivity index (χ0v) is 17.3. The number of hydrogen-bond acceptors (Lipinski definition) is 4. The van der Waals surface area contributed by atoms with Crippen LogP contribution in [0.1, 0.15) is 81.1 Å². The van der Waals surface area contributed by atoms with Crippen LogP contribution >= 0.6 is 0 Å². The molecule has 2 rings (SSSR count). The molecule has 0 bridgehead atoms. The standard InChI is InChI=1S/C21H36O4/c1-9-20(8)11-15(12-20)19(6,7)25-16(22)13-24-17(23)21(10-14(21)2)18(3,4)5/h14-15H,9-13H2,1-8H3. The summed E-state index contributed by atoms with van der Waals surface area (Å²) in [5.41, 5.74) is -0.752. The van der Waals surface area contributed by atoms with Gasteiger partial charge in [0.05, 0.1) is 5.41 Å². The first-order valence-corrected chi connectivity index (χ1v) is 9.66. The lowest BCUT2D eigenvalue weighted by molar-refractivity contribution is -0.182. The molecule has 0 aromatic heterocycles. The van der Waals surface area contributed by atoms with Crippen molar-refractivity contribution < 1.29 is 19.1 Å². The van der Waals surface area contributed by atoms with Crippen LogP contribution < -0.4 is 0 Å². The highest BCUT2D eigenvalue weighted by molar-refractivity contribution is 5.84. The van der Waals surface area contributed by atoms with Gasteiger partial charge in [-0.3, -0.25) is 4.79 Å². The smallest absolute Gasteiger partial charge is 0.344 e. The molecule has 0 aromatic rings. The molecule has 0 saturated heterocycles. The largest absolute Gasteiger partial charge is 0.457 e. The quantitative estimate of drug-likeness (QED) is 0.647. The Morgan fingerprint density at radius 1 is 1.08 bits per heavy atom. The van der Waals surface area contributed by atoms with Gasteiger partial charge in [-0.25, -0.2) is 4.79 Å². The Morgan fingerprint density at radius 2 is 1.60 bits per heavy atom. The highest BCUT2D eigenvalue weighted by Gasteiger charge is 2.65. The number of ether oxygens (including phenoxy) is 2. The van der Waals surface area contributed by atoms with Gasteiger partial charge in [0.25, 0.3) is 0 Å². The van der Waals surface area contributed by atoms with Gasteiger partial charge >= 0.3 is 11.9 Å². The fourth-order valence-electron chi connectivity index (χ4n) is 4.63. The lowest BCUT2D eigenvalue weighted by Crippen LogP contribution is -2.48. The van der Waals surface area contributed by atoms with Crippen LogP contribution in [-0.4, -0.2) is 24.1 Å². The van der Waals surface area contributed by atoms with Crippen molar-refractivity contribution in [1.29, 1.82) is 0 Å². The minimum atomic E-state index is -0.507. The molecule has 0 heterocycles. The van der Waals surface area contributed by atoms with Gasteiger partial charge in [0.15, 0.2) is 6.61 Å². The molecule has 4 heteroatoms. The highest BCUT2D eigenvalue weighted by Crippen LogP contribution is 2.63. The number of carbonyl (C=O) groups excluding carboxylic acids is 2. The zero-order valence-electron chi connectivity index (χ0n) is 17.3. The van der Waals surface area contributed by atoms with Crippen molar-refractivity contribution in [3.05, 3.63) is 0 Å². The van der Waals surface area contributed by atoms with E-state index in [4.69, 9.17) is 9.47 Å². The normalized spacial score (nSPS) is 34.9. The van der Waals surface area contributed by atoms with E-state index in [1.54, 1.807) is 0 Å². The Bertz CT molecular complexity index is 537. The molecule has 2 saturated carbocycles. The summed E-state index contributed by atoms with van der Waals surface area (Å²) in [4.78, 5) is 24.8. The lowest BCUT2D eigenvalue weighted by Gasteiger charge is -2.51. The van der Waals surface area contributed by atoms with E-state index >= 15 is 0 Å². The maximum Gasteiger partial charge on any atom is 0.344 e. The number of hydrogen-bond donors (Lipinski definition) is 0. The maximum absolute atomic E-state index is 12.5. The molecule has 2 fully saturated rings. The van der Waals surface area contributed by atoms with E-state index in [-0.39, 0.29) is 18.0 Å². The fraction of sp³-hybridized carbons (Fsp3) is 0.905. The summed E-state index contributed by atoms with van der Waals surface area (Å²) in [6, 6.07) is 0. The van der Waals surface area contributed by atoms with Crippen LogP contribution in [0.15, 0.2) is 0 Å². The maximum atomic E-state index is 12.5. The minimum Gasteiger partial charge on any atom is -0.457 e. The molecule has 0 spiro atoms. The van der Waals surface area contributed by atoms with E-state index in [9.17, 15) is 9.59 Å². The summed E-state index contributed by atoms with van der Waals surface area (Å²) in [5, 5.41) is 0. The van der Waals surface area contributed by atoms with Gasteiger partial charge in [0.1, 0.15) is 5.60 Å². The molecule has 0 aromatic carbocycles. The van der Waals surface area contributed by atoms with Crippen molar-refractivity contribution in [3.63, 3.8) is 0 Å². The molecular formula is C21H36O4. The molecule has 0 N–H and O–H groups in total. The Labute approximate surface area is 153 Å². The Balaban J connectivity index is 1.84. The average molecular weight is 353 g/mol. The van der Waals surface area contributed by atoms with Crippen LogP contribution in [0.2, 0.25) is 0 Å². The molecule has 2 atom stereocenters. The predicted molar refractivity (Wildman–Crippen MR) is 97.9 cm³/mol. The van der Waals surface area contributed by atoms with E-state index < -0.39 is 17.0 Å². The molecule has 0 aliphatic heterocycles. The number of rotatable bonds is 6. The van der Waals surface area contributed by atoms with Crippen molar-refractivity contribution >= 4 is 11.9 Å². The van der Waals surface area contributed by atoms with Crippen molar-refractivity contribution in [2.75, 3.05) is 6.61 Å². The first-order valence-electron chi connectivity index (χ1n) is 9.66. The van der Waals surface area contributed by atoms with Gasteiger partial charge < -0.3 is 9.47 Å². The first kappa shape index (κ1) is 20.3. The second-order valence-electron chi connectivity index (χ2n) is 10.2. The van der Waals surface area contributed by atoms with Crippen LogP contribution in [0.25, 0.3) is 0 Å². The van der Waals surface area contributed by atoms with Crippen molar-refractivity contribution in [3.8, 4) is 0 Å². The third kappa shape index (κ3) is 3.73. The second-order valence-corrected chi connectivity index (χ2v) is 10.2. The monoisotopic (exact) mass is 352 g/mol. The van der Waals surface area contributed by atoms with Gasteiger partial charge in [0, 0.05) is 0 Å². The number of esters is 2. The lowest BCUT2D eigenvalue weighted by atomic mass is 9.57. The van der Waals surface area contributed by atoms with Crippen LogP contribution in [0.4, 0.5) is 0 Å². The van der Waals surface area contributed by atoms with Crippen LogP contribution in [0.5, 0.6) is 0 Å². The van der Waals surface area contributed by atoms with Gasteiger partial charge in [0.2, 0.25) is 0 Å². The molecule has 2 aliphatic rings. The summed E-state index contributed by atoms with van der Waals surface area (Å²) >= 11 is 0. The minimum absolute atomic E-state index is 0.163. The third-order valence-corrected chi connectivity index (χ3v) is 7.03. The Kier molecular flexibility index (Phi) is 5.09. The van der Waals surface area contributed by atoms with Crippen LogP contribution in [0, 0.1) is 28.1 Å². The fourth-order valence-corrected chi connectivity index (χ4v) is 4.63. The molecule has 144 valence electrons. The first-order chi connectivity index (χ1) is 11.3. The summed E-state index contributed by atoms with van der Waals surface area (Å²) in [5.74, 6) is -0.0269. The molecule has 25 heavy (non-hydrogen) atoms. The van der Waals surface area contributed by atoms with Gasteiger partial charge in [-0.2, -0.15) is 0 Å². The van der Waals surface area contributed by atoms with E-state index in [1.165, 1.54) is 0 Å². The second kappa shape index (κ2) is 6.28. The van der Waals surface area contributed by atoms with E-state index in [1.807, 2.05) is 13.8 Å². The van der Waals surface area contributed by atoms with Gasteiger partial charge in [-0.05, 0) is 55.8 Å². The molecular weight excluding hydrogens is 316 g/mol. The molecule has 2 unspecified atom stereocenters. The summed E-state index contributed by atoms with van der Waals surface area (Å²) in [6.07, 6.45) is 4.13. The average Bonchev–Trinajstić information content (AvgIpc) is 3.13. The topological polar surface area (TPSA) is 52.6 Å². The number of carbonyl (C=O) groups is 2. The van der Waals surface area contributed by atoms with Gasteiger partial charge in [-0.15, -0.1) is 0 Å². The van der Waals surface area contributed by atoms with Crippen LogP contribution in [-0.2, 0) is 19.1 Å². The van der Waals surface area contributed by atoms with Gasteiger partial charge in [-0.1, -0.05) is 48.0 Å². The molecule has 0 amide bonds. The van der Waals surface area contributed by atoms with E-state index in [2.05, 4.69) is 41.5 Å². The SMILES string of the molecule is CCC1(C)CC(C(C)(C)OC(=O)COC(=O)C2(C(C)(C)C)CC2C)C1. The molecule has 4 nitrogen and oxygen atoms in total. The molecule has 0 radical (unpaired) electrons. The van der Waals surface area contributed by atoms with Crippen molar-refractivity contribution in [1.82, 2.24) is 0 Å². The summed E-state index contributed by atoms with van der Waals surface area (Å²) in [6.45, 7) is 16.4. The highest BCUT2D eigenvalue weighted by atomic mass is 16.6. The van der Waals surface area contributed by atoms with Crippen molar-refractivity contribution in [2.45, 2.75) is 86.7 Å². The summed E-state index contributed by atoms with van der Waals surface area (Å²) < 4.78 is 11.0. The Morgan fingerprint density at radius 3 is 2.00 bits per heavy atom.